The Balaban J connectivity index is 1.81. The molecule has 1 fully saturated rings. The topological polar surface area (TPSA) is 90.0 Å². The van der Waals surface area contributed by atoms with Crippen molar-refractivity contribution in [3.8, 4) is 5.75 Å². The van der Waals surface area contributed by atoms with Gasteiger partial charge in [-0.15, -0.1) is 0 Å². The van der Waals surface area contributed by atoms with Crippen molar-refractivity contribution < 1.29 is 25.8 Å². The third kappa shape index (κ3) is 4.54. The molecule has 0 N–H and O–H groups in total. The first-order valence-corrected chi connectivity index (χ1v) is 11.8. The van der Waals surface area contributed by atoms with Gasteiger partial charge in [0.2, 0.25) is 10.0 Å². The second kappa shape index (κ2) is 8.20. The van der Waals surface area contributed by atoms with Crippen LogP contribution in [0.25, 0.3) is 0 Å². The van der Waals surface area contributed by atoms with E-state index in [-0.39, 0.29) is 34.5 Å². The molecule has 0 bridgehead atoms. The molecule has 1 aliphatic rings. The Morgan fingerprint density at radius 3 is 2.14 bits per heavy atom. The van der Waals surface area contributed by atoms with Crippen molar-refractivity contribution in [2.75, 3.05) is 26.3 Å². The summed E-state index contributed by atoms with van der Waals surface area (Å²) < 4.78 is 62.1. The summed E-state index contributed by atoms with van der Waals surface area (Å²) in [6.07, 6.45) is 0. The van der Waals surface area contributed by atoms with Gasteiger partial charge in [0.15, 0.2) is 0 Å². The van der Waals surface area contributed by atoms with Crippen LogP contribution in [0.1, 0.15) is 25.3 Å². The number of sulfonamides is 1. The maximum atomic E-state index is 12.6. The first-order chi connectivity index (χ1) is 13.2. The van der Waals surface area contributed by atoms with E-state index in [1.165, 1.54) is 28.6 Å². The number of hydrogen-bond acceptors (Lipinski definition) is 6. The fourth-order valence-corrected chi connectivity index (χ4v) is 5.15. The minimum Gasteiger partial charge on any atom is -0.379 e. The fraction of sp³-hybridized carbons (Fsp3) is 0.368. The Morgan fingerprint density at radius 1 is 0.929 bits per heavy atom. The zero-order chi connectivity index (χ0) is 20.4. The monoisotopic (exact) mass is 425 g/mol. The van der Waals surface area contributed by atoms with Gasteiger partial charge in [0.25, 0.3) is 0 Å². The van der Waals surface area contributed by atoms with E-state index in [0.29, 0.717) is 13.2 Å². The van der Waals surface area contributed by atoms with Crippen LogP contribution in [0.2, 0.25) is 0 Å². The second-order valence-corrected chi connectivity index (χ2v) is 10.2. The fourth-order valence-electron chi connectivity index (χ4n) is 2.81. The molecule has 0 aliphatic carbocycles. The molecule has 3 rings (SSSR count). The van der Waals surface area contributed by atoms with E-state index in [0.717, 1.165) is 5.56 Å². The van der Waals surface area contributed by atoms with Crippen molar-refractivity contribution in [3.05, 3.63) is 54.1 Å². The van der Waals surface area contributed by atoms with E-state index in [4.69, 9.17) is 8.92 Å². The maximum Gasteiger partial charge on any atom is 0.339 e. The number of rotatable bonds is 6. The van der Waals surface area contributed by atoms with Crippen LogP contribution in [-0.2, 0) is 24.9 Å². The largest absolute Gasteiger partial charge is 0.379 e. The number of hydrogen-bond donors (Lipinski definition) is 0. The first-order valence-electron chi connectivity index (χ1n) is 8.92. The zero-order valence-corrected chi connectivity index (χ0v) is 17.4. The van der Waals surface area contributed by atoms with Gasteiger partial charge in [0.05, 0.1) is 18.1 Å². The van der Waals surface area contributed by atoms with Gasteiger partial charge in [0.1, 0.15) is 10.6 Å². The lowest BCUT2D eigenvalue weighted by Crippen LogP contribution is -2.40. The van der Waals surface area contributed by atoms with Gasteiger partial charge in [-0.3, -0.25) is 0 Å². The third-order valence-electron chi connectivity index (χ3n) is 4.45. The average molecular weight is 426 g/mol. The minimum absolute atomic E-state index is 0.0372. The van der Waals surface area contributed by atoms with Gasteiger partial charge < -0.3 is 8.92 Å². The van der Waals surface area contributed by atoms with Crippen molar-refractivity contribution in [1.82, 2.24) is 4.31 Å². The predicted octanol–water partition coefficient (Wildman–Crippen LogP) is 2.60. The SMILES string of the molecule is CC(C)c1cccc(OS(=O)(=O)c2ccc(S(=O)(=O)N3CCOCC3)cc2)c1. The molecule has 0 atom stereocenters. The summed E-state index contributed by atoms with van der Waals surface area (Å²) in [6.45, 7) is 5.24. The lowest BCUT2D eigenvalue weighted by Gasteiger charge is -2.26. The summed E-state index contributed by atoms with van der Waals surface area (Å²) in [7, 11) is -7.75. The summed E-state index contributed by atoms with van der Waals surface area (Å²) in [6, 6.07) is 11.9. The third-order valence-corrected chi connectivity index (χ3v) is 7.63. The Kier molecular flexibility index (Phi) is 6.09. The van der Waals surface area contributed by atoms with Crippen LogP contribution in [0, 0.1) is 0 Å². The maximum absolute atomic E-state index is 12.6. The quantitative estimate of drug-likeness (QED) is 0.661. The van der Waals surface area contributed by atoms with Crippen molar-refractivity contribution in [2.45, 2.75) is 29.6 Å². The van der Waals surface area contributed by atoms with E-state index in [1.54, 1.807) is 18.2 Å². The standard InChI is InChI=1S/C19H23NO6S2/c1-15(2)16-4-3-5-17(14-16)26-28(23,24)19-8-6-18(7-9-19)27(21,22)20-10-12-25-13-11-20/h3-9,14-15H,10-13H2,1-2H3. The van der Waals surface area contributed by atoms with Gasteiger partial charge in [-0.2, -0.15) is 12.7 Å². The number of morpholine rings is 1. The van der Waals surface area contributed by atoms with Crippen molar-refractivity contribution in [1.29, 1.82) is 0 Å². The molecule has 1 aliphatic heterocycles. The van der Waals surface area contributed by atoms with Crippen LogP contribution < -0.4 is 4.18 Å². The highest BCUT2D eigenvalue weighted by atomic mass is 32.2. The summed E-state index contributed by atoms with van der Waals surface area (Å²) in [5.74, 6) is 0.451. The summed E-state index contributed by atoms with van der Waals surface area (Å²) in [4.78, 5) is -0.0708. The van der Waals surface area contributed by atoms with Gasteiger partial charge in [-0.05, 0) is 47.9 Å². The number of ether oxygens (including phenoxy) is 1. The molecule has 1 heterocycles. The first kappa shape index (κ1) is 20.8. The Labute approximate surface area is 166 Å². The molecular weight excluding hydrogens is 402 g/mol. The second-order valence-electron chi connectivity index (χ2n) is 6.75. The zero-order valence-electron chi connectivity index (χ0n) is 15.7. The van der Waals surface area contributed by atoms with Crippen LogP contribution in [-0.4, -0.2) is 47.4 Å². The van der Waals surface area contributed by atoms with Gasteiger partial charge in [-0.25, -0.2) is 8.42 Å². The van der Waals surface area contributed by atoms with Crippen LogP contribution in [0.4, 0.5) is 0 Å². The molecule has 0 amide bonds. The smallest absolute Gasteiger partial charge is 0.339 e. The molecule has 152 valence electrons. The normalized spacial score (nSPS) is 16.2. The predicted molar refractivity (Wildman–Crippen MR) is 104 cm³/mol. The van der Waals surface area contributed by atoms with Gasteiger partial charge in [-0.1, -0.05) is 26.0 Å². The lowest BCUT2D eigenvalue weighted by molar-refractivity contribution is 0.0730. The highest BCUT2D eigenvalue weighted by Gasteiger charge is 2.27. The highest BCUT2D eigenvalue weighted by Crippen LogP contribution is 2.25. The molecule has 1 saturated heterocycles. The average Bonchev–Trinajstić information content (AvgIpc) is 2.68. The summed E-state index contributed by atoms with van der Waals surface area (Å²) in [5, 5.41) is 0. The summed E-state index contributed by atoms with van der Waals surface area (Å²) in [5.41, 5.74) is 0.958. The molecule has 0 radical (unpaired) electrons. The number of benzene rings is 2. The van der Waals surface area contributed by atoms with E-state index in [2.05, 4.69) is 0 Å². The van der Waals surface area contributed by atoms with Crippen LogP contribution >= 0.6 is 0 Å². The van der Waals surface area contributed by atoms with E-state index in [1.807, 2.05) is 19.9 Å². The molecule has 7 nitrogen and oxygen atoms in total. The van der Waals surface area contributed by atoms with Gasteiger partial charge >= 0.3 is 10.1 Å². The molecule has 0 spiro atoms. The lowest BCUT2D eigenvalue weighted by atomic mass is 10.0. The molecule has 2 aromatic rings. The number of nitrogens with zero attached hydrogens (tertiary/aromatic N) is 1. The highest BCUT2D eigenvalue weighted by molar-refractivity contribution is 7.89. The molecule has 0 unspecified atom stereocenters. The molecule has 9 heteroatoms. The molecule has 0 aromatic heterocycles. The van der Waals surface area contributed by atoms with Crippen LogP contribution in [0.5, 0.6) is 5.75 Å². The van der Waals surface area contributed by atoms with Crippen LogP contribution in [0.3, 0.4) is 0 Å². The summed E-state index contributed by atoms with van der Waals surface area (Å²) >= 11 is 0. The van der Waals surface area contributed by atoms with Crippen molar-refractivity contribution in [3.63, 3.8) is 0 Å². The van der Waals surface area contributed by atoms with E-state index < -0.39 is 20.1 Å². The molecule has 0 saturated carbocycles. The Morgan fingerprint density at radius 2 is 1.54 bits per heavy atom. The molecule has 28 heavy (non-hydrogen) atoms. The van der Waals surface area contributed by atoms with Crippen LogP contribution in [0.15, 0.2) is 58.3 Å². The van der Waals surface area contributed by atoms with E-state index in [9.17, 15) is 16.8 Å². The van der Waals surface area contributed by atoms with E-state index >= 15 is 0 Å². The molecular formula is C19H23NO6S2. The van der Waals surface area contributed by atoms with Crippen molar-refractivity contribution >= 4 is 20.1 Å². The minimum atomic E-state index is -4.07. The van der Waals surface area contributed by atoms with Crippen molar-refractivity contribution in [2.24, 2.45) is 0 Å². The van der Waals surface area contributed by atoms with Gasteiger partial charge in [0, 0.05) is 13.1 Å². The Bertz CT molecular complexity index is 1020. The molecule has 2 aromatic carbocycles. The Hall–Kier alpha value is -1.94.